The molecule has 0 aromatic carbocycles. The summed E-state index contributed by atoms with van der Waals surface area (Å²) in [5, 5.41) is 3.84. The highest BCUT2D eigenvalue weighted by molar-refractivity contribution is 5.92. The van der Waals surface area contributed by atoms with E-state index in [2.05, 4.69) is 15.1 Å². The monoisotopic (exact) mass is 302 g/mol. The number of H-pyrrole nitrogens is 1. The van der Waals surface area contributed by atoms with Crippen LogP contribution in [-0.2, 0) is 6.42 Å². The number of aryl methyl sites for hydroxylation is 1. The van der Waals surface area contributed by atoms with Gasteiger partial charge in [-0.15, -0.1) is 0 Å². The first-order valence-electron chi connectivity index (χ1n) is 7.47. The highest BCUT2D eigenvalue weighted by Gasteiger charge is 2.27. The van der Waals surface area contributed by atoms with E-state index in [9.17, 15) is 9.59 Å². The summed E-state index contributed by atoms with van der Waals surface area (Å²) < 4.78 is 5.10. The summed E-state index contributed by atoms with van der Waals surface area (Å²) >= 11 is 0. The number of carbonyl (C=O) groups excluding carboxylic acids is 1. The molecule has 1 atom stereocenters. The van der Waals surface area contributed by atoms with Gasteiger partial charge in [-0.05, 0) is 18.9 Å². The molecular weight excluding hydrogens is 284 g/mol. The summed E-state index contributed by atoms with van der Waals surface area (Å²) in [5.41, 5.74) is 0.817. The van der Waals surface area contributed by atoms with Crippen molar-refractivity contribution >= 4 is 5.91 Å². The lowest BCUT2D eigenvalue weighted by Crippen LogP contribution is -2.39. The van der Waals surface area contributed by atoms with Crippen molar-refractivity contribution in [2.45, 2.75) is 32.1 Å². The maximum absolute atomic E-state index is 12.5. The largest absolute Gasteiger partial charge is 0.361 e. The van der Waals surface area contributed by atoms with Crippen LogP contribution in [0.15, 0.2) is 27.6 Å². The van der Waals surface area contributed by atoms with Gasteiger partial charge in [0, 0.05) is 43.4 Å². The van der Waals surface area contributed by atoms with Crippen molar-refractivity contribution < 1.29 is 9.32 Å². The topological polar surface area (TPSA) is 92.1 Å². The number of likely N-dealkylation sites (tertiary alicyclic amines) is 1. The molecule has 2 aromatic rings. The molecular formula is C15H18N4O3. The van der Waals surface area contributed by atoms with E-state index in [0.29, 0.717) is 31.0 Å². The molecule has 1 fully saturated rings. The molecule has 0 saturated carbocycles. The third-order valence-electron chi connectivity index (χ3n) is 3.97. The minimum Gasteiger partial charge on any atom is -0.361 e. The lowest BCUT2D eigenvalue weighted by Gasteiger charge is -2.32. The maximum atomic E-state index is 12.5. The summed E-state index contributed by atoms with van der Waals surface area (Å²) in [6, 6.07) is 3.49. The van der Waals surface area contributed by atoms with Crippen molar-refractivity contribution in [2.24, 2.45) is 0 Å². The molecule has 116 valence electrons. The van der Waals surface area contributed by atoms with E-state index in [1.54, 1.807) is 17.0 Å². The van der Waals surface area contributed by atoms with E-state index in [4.69, 9.17) is 4.52 Å². The summed E-state index contributed by atoms with van der Waals surface area (Å²) in [4.78, 5) is 32.0. The molecule has 3 heterocycles. The van der Waals surface area contributed by atoms with Crippen LogP contribution in [0.25, 0.3) is 0 Å². The molecule has 0 spiro atoms. The van der Waals surface area contributed by atoms with Gasteiger partial charge < -0.3 is 14.4 Å². The Morgan fingerprint density at radius 2 is 2.41 bits per heavy atom. The minimum atomic E-state index is -0.356. The van der Waals surface area contributed by atoms with Crippen LogP contribution in [0.1, 0.15) is 47.6 Å². The van der Waals surface area contributed by atoms with Crippen LogP contribution in [0.4, 0.5) is 0 Å². The number of rotatable bonds is 3. The van der Waals surface area contributed by atoms with Gasteiger partial charge in [-0.1, -0.05) is 12.1 Å². The minimum absolute atomic E-state index is 0.117. The van der Waals surface area contributed by atoms with Crippen LogP contribution in [0.2, 0.25) is 0 Å². The number of hydrogen-bond donors (Lipinski definition) is 1. The Labute approximate surface area is 127 Å². The van der Waals surface area contributed by atoms with Gasteiger partial charge in [0.05, 0.1) is 0 Å². The van der Waals surface area contributed by atoms with Gasteiger partial charge >= 0.3 is 5.69 Å². The molecule has 1 N–H and O–H groups in total. The highest BCUT2D eigenvalue weighted by Crippen LogP contribution is 2.25. The summed E-state index contributed by atoms with van der Waals surface area (Å²) in [6.07, 6.45) is 4.03. The predicted octanol–water partition coefficient (Wildman–Crippen LogP) is 1.34. The highest BCUT2D eigenvalue weighted by atomic mass is 16.5. The Bertz CT molecular complexity index is 721. The SMILES string of the molecule is CCc1cc(C(=O)N2CCCC(c3ccnc(=O)[nH]3)C2)no1. The molecule has 22 heavy (non-hydrogen) atoms. The van der Waals surface area contributed by atoms with Gasteiger partial charge in [0.1, 0.15) is 5.76 Å². The smallest absolute Gasteiger partial charge is 0.345 e. The second kappa shape index (κ2) is 6.13. The van der Waals surface area contributed by atoms with Gasteiger partial charge in [-0.25, -0.2) is 9.78 Å². The summed E-state index contributed by atoms with van der Waals surface area (Å²) in [6.45, 7) is 3.21. The molecule has 1 unspecified atom stereocenters. The summed E-state index contributed by atoms with van der Waals surface area (Å²) in [7, 11) is 0. The average molecular weight is 302 g/mol. The predicted molar refractivity (Wildman–Crippen MR) is 78.6 cm³/mol. The van der Waals surface area contributed by atoms with E-state index < -0.39 is 0 Å². The van der Waals surface area contributed by atoms with Crippen molar-refractivity contribution in [2.75, 3.05) is 13.1 Å². The Balaban J connectivity index is 1.75. The van der Waals surface area contributed by atoms with Gasteiger partial charge in [0.15, 0.2) is 5.69 Å². The number of piperidine rings is 1. The molecule has 3 rings (SSSR count). The lowest BCUT2D eigenvalue weighted by atomic mass is 9.94. The van der Waals surface area contributed by atoms with Crippen molar-refractivity contribution in [3.05, 3.63) is 46.0 Å². The second-order valence-corrected chi connectivity index (χ2v) is 5.45. The van der Waals surface area contributed by atoms with E-state index >= 15 is 0 Å². The molecule has 0 bridgehead atoms. The second-order valence-electron chi connectivity index (χ2n) is 5.45. The van der Waals surface area contributed by atoms with Crippen LogP contribution < -0.4 is 5.69 Å². The average Bonchev–Trinajstić information content (AvgIpc) is 3.03. The van der Waals surface area contributed by atoms with E-state index in [0.717, 1.165) is 18.5 Å². The number of nitrogens with one attached hydrogen (secondary N) is 1. The molecule has 1 amide bonds. The third-order valence-corrected chi connectivity index (χ3v) is 3.97. The first-order valence-corrected chi connectivity index (χ1v) is 7.47. The Morgan fingerprint density at radius 1 is 1.55 bits per heavy atom. The van der Waals surface area contributed by atoms with Crippen molar-refractivity contribution in [1.82, 2.24) is 20.0 Å². The fourth-order valence-electron chi connectivity index (χ4n) is 2.78. The Kier molecular flexibility index (Phi) is 4.04. The van der Waals surface area contributed by atoms with E-state index in [-0.39, 0.29) is 17.5 Å². The fourth-order valence-corrected chi connectivity index (χ4v) is 2.78. The number of aromatic nitrogens is 3. The van der Waals surface area contributed by atoms with Crippen molar-refractivity contribution in [3.63, 3.8) is 0 Å². The normalized spacial score (nSPS) is 18.4. The quantitative estimate of drug-likeness (QED) is 0.923. The van der Waals surface area contributed by atoms with Crippen molar-refractivity contribution in [3.8, 4) is 0 Å². The van der Waals surface area contributed by atoms with Gasteiger partial charge in [-0.2, -0.15) is 0 Å². The van der Waals surface area contributed by atoms with E-state index in [1.165, 1.54) is 6.20 Å². The van der Waals surface area contributed by atoms with E-state index in [1.807, 2.05) is 6.92 Å². The fraction of sp³-hybridized carbons (Fsp3) is 0.467. The number of aromatic amines is 1. The van der Waals surface area contributed by atoms with Gasteiger partial charge in [0.2, 0.25) is 0 Å². The standard InChI is InChI=1S/C15H18N4O3/c1-2-11-8-13(18-22-11)14(20)19-7-3-4-10(9-19)12-5-6-16-15(21)17-12/h5-6,8,10H,2-4,7,9H2,1H3,(H,16,17,21). The molecule has 1 aliphatic heterocycles. The van der Waals surface area contributed by atoms with Gasteiger partial charge in [0.25, 0.3) is 5.91 Å². The molecule has 1 saturated heterocycles. The first kappa shape index (κ1) is 14.5. The van der Waals surface area contributed by atoms with Crippen LogP contribution in [-0.4, -0.2) is 39.0 Å². The molecule has 1 aliphatic rings. The first-order chi connectivity index (χ1) is 10.7. The lowest BCUT2D eigenvalue weighted by molar-refractivity contribution is 0.0695. The molecule has 7 nitrogen and oxygen atoms in total. The Hall–Kier alpha value is -2.44. The molecule has 7 heteroatoms. The zero-order valence-electron chi connectivity index (χ0n) is 12.4. The zero-order chi connectivity index (χ0) is 15.5. The maximum Gasteiger partial charge on any atom is 0.345 e. The summed E-state index contributed by atoms with van der Waals surface area (Å²) in [5.74, 6) is 0.700. The molecule has 2 aromatic heterocycles. The number of nitrogens with zero attached hydrogens (tertiary/aromatic N) is 3. The number of hydrogen-bond acceptors (Lipinski definition) is 5. The Morgan fingerprint density at radius 3 is 3.14 bits per heavy atom. The van der Waals surface area contributed by atoms with Crippen LogP contribution in [0.3, 0.4) is 0 Å². The zero-order valence-corrected chi connectivity index (χ0v) is 12.4. The van der Waals surface area contributed by atoms with Crippen LogP contribution in [0.5, 0.6) is 0 Å². The van der Waals surface area contributed by atoms with Crippen molar-refractivity contribution in [1.29, 1.82) is 0 Å². The van der Waals surface area contributed by atoms with Crippen LogP contribution >= 0.6 is 0 Å². The van der Waals surface area contributed by atoms with Crippen LogP contribution in [0, 0.1) is 0 Å². The third kappa shape index (κ3) is 2.93. The number of carbonyl (C=O) groups is 1. The number of amides is 1. The molecule has 0 aliphatic carbocycles. The van der Waals surface area contributed by atoms with Gasteiger partial charge in [-0.3, -0.25) is 4.79 Å². The molecule has 0 radical (unpaired) electrons.